The van der Waals surface area contributed by atoms with Crippen molar-refractivity contribution in [2.75, 3.05) is 0 Å². The van der Waals surface area contributed by atoms with Gasteiger partial charge >= 0.3 is 0 Å². The maximum Gasteiger partial charge on any atom is 0.0175 e. The predicted octanol–water partition coefficient (Wildman–Crippen LogP) is 10.8. The van der Waals surface area contributed by atoms with Crippen LogP contribution in [-0.4, -0.2) is 0 Å². The Labute approximate surface area is 227 Å². The smallest absolute Gasteiger partial charge is 0.0175 e. The Kier molecular flexibility index (Phi) is 6.54. The molecule has 0 atom stereocenters. The summed E-state index contributed by atoms with van der Waals surface area (Å²) >= 11 is 3.65. The minimum absolute atomic E-state index is 1.07. The zero-order chi connectivity index (χ0) is 25.0. The molecule has 0 radical (unpaired) electrons. The highest BCUT2D eigenvalue weighted by Gasteiger charge is 2.23. The Balaban J connectivity index is 1.84. The van der Waals surface area contributed by atoms with E-state index in [0.717, 1.165) is 4.47 Å². The van der Waals surface area contributed by atoms with Gasteiger partial charge in [-0.3, -0.25) is 0 Å². The van der Waals surface area contributed by atoms with Crippen LogP contribution in [0.3, 0.4) is 0 Å². The van der Waals surface area contributed by atoms with Crippen LogP contribution in [0.2, 0.25) is 0 Å². The SMILES string of the molecule is Brc1ccc(-c2c(-c3ccccc3)c(-c3ccccc3)cc(-c3ccccc3)c2-c2ccccc2)cc1. The normalized spacial score (nSPS) is 10.8. The zero-order valence-corrected chi connectivity index (χ0v) is 21.9. The van der Waals surface area contributed by atoms with Gasteiger partial charge in [0.2, 0.25) is 0 Å². The van der Waals surface area contributed by atoms with E-state index in [1.165, 1.54) is 55.6 Å². The first-order valence-corrected chi connectivity index (χ1v) is 13.3. The molecule has 6 aromatic carbocycles. The first kappa shape index (κ1) is 23.2. The minimum atomic E-state index is 1.07. The molecular weight excluding hydrogens is 512 g/mol. The van der Waals surface area contributed by atoms with E-state index in [4.69, 9.17) is 0 Å². The molecule has 0 heterocycles. The van der Waals surface area contributed by atoms with Gasteiger partial charge in [-0.05, 0) is 73.8 Å². The van der Waals surface area contributed by atoms with Crippen molar-refractivity contribution in [3.63, 3.8) is 0 Å². The van der Waals surface area contributed by atoms with Gasteiger partial charge in [0.1, 0.15) is 0 Å². The lowest BCUT2D eigenvalue weighted by atomic mass is 9.79. The third-order valence-electron chi connectivity index (χ3n) is 6.75. The van der Waals surface area contributed by atoms with E-state index in [1.54, 1.807) is 0 Å². The van der Waals surface area contributed by atoms with Crippen molar-refractivity contribution in [2.24, 2.45) is 0 Å². The molecule has 0 N–H and O–H groups in total. The second-order valence-corrected chi connectivity index (χ2v) is 9.98. The van der Waals surface area contributed by atoms with Crippen molar-refractivity contribution in [1.82, 2.24) is 0 Å². The van der Waals surface area contributed by atoms with Crippen LogP contribution in [0, 0.1) is 0 Å². The minimum Gasteiger partial charge on any atom is -0.0622 e. The predicted molar refractivity (Wildman–Crippen MR) is 161 cm³/mol. The topological polar surface area (TPSA) is 0 Å². The summed E-state index contributed by atoms with van der Waals surface area (Å²) in [4.78, 5) is 0. The van der Waals surface area contributed by atoms with Gasteiger partial charge in [-0.25, -0.2) is 0 Å². The number of benzene rings is 6. The van der Waals surface area contributed by atoms with Crippen LogP contribution in [0.4, 0.5) is 0 Å². The standard InChI is InChI=1S/C36H25Br/c37-31-23-21-30(22-24-31)36-34(28-17-9-3-10-18-28)32(26-13-5-1-6-14-26)25-33(27-15-7-2-8-16-27)35(36)29-19-11-4-12-20-29/h1-25H. The fraction of sp³-hybridized carbons (Fsp3) is 0. The van der Waals surface area contributed by atoms with Crippen molar-refractivity contribution >= 4 is 15.9 Å². The zero-order valence-electron chi connectivity index (χ0n) is 20.3. The fourth-order valence-corrected chi connectivity index (χ4v) is 5.35. The van der Waals surface area contributed by atoms with Crippen LogP contribution in [0.1, 0.15) is 0 Å². The van der Waals surface area contributed by atoms with Gasteiger partial charge in [0.25, 0.3) is 0 Å². The molecule has 0 aliphatic rings. The van der Waals surface area contributed by atoms with Gasteiger partial charge in [-0.2, -0.15) is 0 Å². The van der Waals surface area contributed by atoms with Gasteiger partial charge in [0.05, 0.1) is 0 Å². The van der Waals surface area contributed by atoms with E-state index in [2.05, 4.69) is 168 Å². The van der Waals surface area contributed by atoms with Gasteiger partial charge in [-0.15, -0.1) is 0 Å². The fourth-order valence-electron chi connectivity index (χ4n) is 5.09. The number of hydrogen-bond acceptors (Lipinski definition) is 0. The van der Waals surface area contributed by atoms with E-state index in [0.29, 0.717) is 0 Å². The largest absolute Gasteiger partial charge is 0.0622 e. The van der Waals surface area contributed by atoms with Gasteiger partial charge in [0.15, 0.2) is 0 Å². The highest BCUT2D eigenvalue weighted by Crippen LogP contribution is 2.50. The summed E-state index contributed by atoms with van der Waals surface area (Å²) < 4.78 is 1.07. The summed E-state index contributed by atoms with van der Waals surface area (Å²) in [6.07, 6.45) is 0. The van der Waals surface area contributed by atoms with Crippen molar-refractivity contribution < 1.29 is 0 Å². The molecule has 1 heteroatoms. The summed E-state index contributed by atoms with van der Waals surface area (Å²) in [5.74, 6) is 0. The average molecular weight is 538 g/mol. The van der Waals surface area contributed by atoms with Crippen LogP contribution in [-0.2, 0) is 0 Å². The van der Waals surface area contributed by atoms with Gasteiger partial charge < -0.3 is 0 Å². The number of hydrogen-bond donors (Lipinski definition) is 0. The summed E-state index contributed by atoms with van der Waals surface area (Å²) in [6, 6.07) is 54.2. The van der Waals surface area contributed by atoms with E-state index in [1.807, 2.05) is 0 Å². The molecule has 0 amide bonds. The Morgan fingerprint density at radius 1 is 0.297 bits per heavy atom. The van der Waals surface area contributed by atoms with Crippen LogP contribution in [0.5, 0.6) is 0 Å². The lowest BCUT2D eigenvalue weighted by Gasteiger charge is -2.24. The molecule has 0 bridgehead atoms. The lowest BCUT2D eigenvalue weighted by molar-refractivity contribution is 1.52. The van der Waals surface area contributed by atoms with Crippen molar-refractivity contribution in [3.8, 4) is 55.6 Å². The molecular formula is C36H25Br. The average Bonchev–Trinajstić information content (AvgIpc) is 2.98. The molecule has 6 aromatic rings. The molecule has 0 saturated heterocycles. The molecule has 0 nitrogen and oxygen atoms in total. The van der Waals surface area contributed by atoms with E-state index in [9.17, 15) is 0 Å². The first-order valence-electron chi connectivity index (χ1n) is 12.5. The lowest BCUT2D eigenvalue weighted by Crippen LogP contribution is -1.98. The second kappa shape index (κ2) is 10.4. The summed E-state index contributed by atoms with van der Waals surface area (Å²) in [5.41, 5.74) is 12.2. The van der Waals surface area contributed by atoms with Crippen molar-refractivity contribution in [2.45, 2.75) is 0 Å². The Bertz CT molecular complexity index is 1520. The maximum absolute atomic E-state index is 3.65. The monoisotopic (exact) mass is 536 g/mol. The van der Waals surface area contributed by atoms with E-state index >= 15 is 0 Å². The Hall–Kier alpha value is -4.20. The third-order valence-corrected chi connectivity index (χ3v) is 7.28. The number of halogens is 1. The van der Waals surface area contributed by atoms with Crippen LogP contribution in [0.15, 0.2) is 156 Å². The van der Waals surface area contributed by atoms with Crippen molar-refractivity contribution in [1.29, 1.82) is 0 Å². The summed E-state index contributed by atoms with van der Waals surface area (Å²) in [5, 5.41) is 0. The first-order chi connectivity index (χ1) is 18.3. The van der Waals surface area contributed by atoms with E-state index in [-0.39, 0.29) is 0 Å². The molecule has 37 heavy (non-hydrogen) atoms. The highest BCUT2D eigenvalue weighted by molar-refractivity contribution is 9.10. The molecule has 0 spiro atoms. The third kappa shape index (κ3) is 4.67. The second-order valence-electron chi connectivity index (χ2n) is 9.07. The molecule has 6 rings (SSSR count). The van der Waals surface area contributed by atoms with Crippen LogP contribution < -0.4 is 0 Å². The molecule has 0 fully saturated rings. The maximum atomic E-state index is 3.65. The number of rotatable bonds is 5. The highest BCUT2D eigenvalue weighted by atomic mass is 79.9. The molecule has 0 unspecified atom stereocenters. The molecule has 0 aliphatic carbocycles. The Morgan fingerprint density at radius 3 is 1.00 bits per heavy atom. The molecule has 0 aromatic heterocycles. The molecule has 0 aliphatic heterocycles. The molecule has 176 valence electrons. The van der Waals surface area contributed by atoms with Crippen LogP contribution in [0.25, 0.3) is 55.6 Å². The summed E-state index contributed by atoms with van der Waals surface area (Å²) in [7, 11) is 0. The van der Waals surface area contributed by atoms with Gasteiger partial charge in [-0.1, -0.05) is 149 Å². The summed E-state index contributed by atoms with van der Waals surface area (Å²) in [6.45, 7) is 0. The van der Waals surface area contributed by atoms with E-state index < -0.39 is 0 Å². The Morgan fingerprint density at radius 2 is 0.622 bits per heavy atom. The van der Waals surface area contributed by atoms with Gasteiger partial charge in [0, 0.05) is 4.47 Å². The quantitative estimate of drug-likeness (QED) is 0.205. The molecule has 0 saturated carbocycles. The van der Waals surface area contributed by atoms with Crippen molar-refractivity contribution in [3.05, 3.63) is 156 Å². The van der Waals surface area contributed by atoms with Crippen LogP contribution >= 0.6 is 15.9 Å².